The van der Waals surface area contributed by atoms with Crippen LogP contribution in [0, 0.1) is 21.7 Å². The van der Waals surface area contributed by atoms with Gasteiger partial charge in [-0.05, 0) is 30.8 Å². The zero-order valence-corrected chi connectivity index (χ0v) is 14.6. The van der Waals surface area contributed by atoms with Crippen LogP contribution in [0.25, 0.3) is 0 Å². The molecule has 0 atom stereocenters. The minimum Gasteiger partial charge on any atom is -0.325 e. The Morgan fingerprint density at radius 3 is 2.50 bits per heavy atom. The number of hydrogen-bond donors (Lipinski definition) is 1. The highest BCUT2D eigenvalue weighted by Crippen LogP contribution is 2.27. The Hall–Kier alpha value is -2.58. The van der Waals surface area contributed by atoms with Crippen molar-refractivity contribution in [1.82, 2.24) is 4.90 Å². The minimum atomic E-state index is -0.683. The van der Waals surface area contributed by atoms with Gasteiger partial charge in [0, 0.05) is 23.9 Å². The molecule has 0 aliphatic rings. The lowest BCUT2D eigenvalue weighted by Crippen LogP contribution is -2.33. The number of amides is 1. The molecular weight excluding hydrogens is 368 g/mol. The van der Waals surface area contributed by atoms with E-state index in [0.717, 1.165) is 18.2 Å². The fraction of sp³-hybridized carbons (Fsp3) is 0.235. The SMILES string of the molecule is CCN(CC(=O)Nc1ccc(Cl)c([N+](=O)[O-])c1)Cc1c(F)cccc1F. The van der Waals surface area contributed by atoms with Crippen molar-refractivity contribution in [3.8, 4) is 0 Å². The van der Waals surface area contributed by atoms with Gasteiger partial charge in [-0.25, -0.2) is 8.78 Å². The quantitative estimate of drug-likeness (QED) is 0.579. The maximum atomic E-state index is 13.7. The summed E-state index contributed by atoms with van der Waals surface area (Å²) in [6, 6.07) is 7.46. The summed E-state index contributed by atoms with van der Waals surface area (Å²) in [5, 5.41) is 13.3. The molecular formula is C17H16ClF2N3O3. The van der Waals surface area contributed by atoms with E-state index >= 15 is 0 Å². The number of anilines is 1. The number of hydrogen-bond acceptors (Lipinski definition) is 4. The van der Waals surface area contributed by atoms with Crippen LogP contribution in [0.5, 0.6) is 0 Å². The number of rotatable bonds is 7. The normalized spacial score (nSPS) is 10.8. The van der Waals surface area contributed by atoms with E-state index in [1.54, 1.807) is 11.8 Å². The molecule has 2 aromatic rings. The van der Waals surface area contributed by atoms with Crippen LogP contribution < -0.4 is 5.32 Å². The molecule has 0 spiro atoms. The van der Waals surface area contributed by atoms with Crippen molar-refractivity contribution in [2.45, 2.75) is 13.5 Å². The molecule has 0 bridgehead atoms. The molecule has 0 unspecified atom stereocenters. The molecule has 1 amide bonds. The summed E-state index contributed by atoms with van der Waals surface area (Å²) in [7, 11) is 0. The first-order valence-corrected chi connectivity index (χ1v) is 8.08. The molecule has 2 rings (SSSR count). The van der Waals surface area contributed by atoms with Gasteiger partial charge in [0.2, 0.25) is 5.91 Å². The Bertz CT molecular complexity index is 813. The maximum Gasteiger partial charge on any atom is 0.289 e. The van der Waals surface area contributed by atoms with Crippen molar-refractivity contribution < 1.29 is 18.5 Å². The monoisotopic (exact) mass is 383 g/mol. The van der Waals surface area contributed by atoms with Crippen LogP contribution >= 0.6 is 11.6 Å². The van der Waals surface area contributed by atoms with E-state index < -0.39 is 22.5 Å². The van der Waals surface area contributed by atoms with E-state index in [2.05, 4.69) is 5.32 Å². The van der Waals surface area contributed by atoms with Gasteiger partial charge >= 0.3 is 0 Å². The van der Waals surface area contributed by atoms with Crippen LogP contribution in [-0.2, 0) is 11.3 Å². The van der Waals surface area contributed by atoms with Crippen molar-refractivity contribution in [2.24, 2.45) is 0 Å². The van der Waals surface area contributed by atoms with E-state index in [0.29, 0.717) is 6.54 Å². The van der Waals surface area contributed by atoms with Crippen molar-refractivity contribution in [3.05, 3.63) is 68.7 Å². The van der Waals surface area contributed by atoms with Crippen LogP contribution in [0.1, 0.15) is 12.5 Å². The van der Waals surface area contributed by atoms with Gasteiger partial charge in [-0.1, -0.05) is 24.6 Å². The molecule has 0 fully saturated rings. The van der Waals surface area contributed by atoms with Gasteiger partial charge in [0.25, 0.3) is 5.69 Å². The fourth-order valence-corrected chi connectivity index (χ4v) is 2.51. The van der Waals surface area contributed by atoms with Crippen LogP contribution in [0.3, 0.4) is 0 Å². The van der Waals surface area contributed by atoms with Gasteiger partial charge in [-0.2, -0.15) is 0 Å². The zero-order valence-electron chi connectivity index (χ0n) is 13.8. The first-order valence-electron chi connectivity index (χ1n) is 7.70. The van der Waals surface area contributed by atoms with Gasteiger partial charge in [-0.15, -0.1) is 0 Å². The van der Waals surface area contributed by atoms with E-state index in [9.17, 15) is 23.7 Å². The summed E-state index contributed by atoms with van der Waals surface area (Å²) in [6.45, 7) is 1.91. The molecule has 26 heavy (non-hydrogen) atoms. The first-order chi connectivity index (χ1) is 12.3. The number of halogens is 3. The molecule has 0 aliphatic heterocycles. The molecule has 1 N–H and O–H groups in total. The fourth-order valence-electron chi connectivity index (χ4n) is 2.32. The van der Waals surface area contributed by atoms with E-state index in [-0.39, 0.29) is 35.1 Å². The molecule has 0 saturated heterocycles. The number of nitrogens with one attached hydrogen (secondary N) is 1. The van der Waals surface area contributed by atoms with Gasteiger partial charge < -0.3 is 5.32 Å². The highest BCUT2D eigenvalue weighted by molar-refractivity contribution is 6.32. The van der Waals surface area contributed by atoms with Crippen molar-refractivity contribution in [3.63, 3.8) is 0 Å². The van der Waals surface area contributed by atoms with Crippen LogP contribution in [0.15, 0.2) is 36.4 Å². The number of nitro benzene ring substituents is 1. The van der Waals surface area contributed by atoms with E-state index in [1.165, 1.54) is 18.2 Å². The predicted octanol–water partition coefficient (Wildman–Crippen LogP) is 3.99. The molecule has 9 heteroatoms. The van der Waals surface area contributed by atoms with Crippen LogP contribution in [0.2, 0.25) is 5.02 Å². The summed E-state index contributed by atoms with van der Waals surface area (Å²) in [5.74, 6) is -1.84. The smallest absolute Gasteiger partial charge is 0.289 e. The largest absolute Gasteiger partial charge is 0.325 e. The second kappa shape index (κ2) is 8.68. The van der Waals surface area contributed by atoms with Gasteiger partial charge in [-0.3, -0.25) is 19.8 Å². The average Bonchev–Trinajstić information content (AvgIpc) is 2.58. The first kappa shape index (κ1) is 19.7. The summed E-state index contributed by atoms with van der Waals surface area (Å²) in [4.78, 5) is 23.9. The minimum absolute atomic E-state index is 0.0433. The molecule has 0 saturated carbocycles. The third-order valence-corrected chi connectivity index (χ3v) is 4.00. The third-order valence-electron chi connectivity index (χ3n) is 3.68. The van der Waals surface area contributed by atoms with Crippen molar-refractivity contribution >= 4 is 28.9 Å². The highest BCUT2D eigenvalue weighted by atomic mass is 35.5. The second-order valence-corrected chi connectivity index (χ2v) is 5.88. The number of nitro groups is 1. The number of nitrogens with zero attached hydrogens (tertiary/aromatic N) is 2. The number of carbonyl (C=O) groups excluding carboxylic acids is 1. The molecule has 0 heterocycles. The number of benzene rings is 2. The Labute approximate surface area is 153 Å². The summed E-state index contributed by atoms with van der Waals surface area (Å²) < 4.78 is 27.5. The number of likely N-dealkylation sites (N-methyl/N-ethyl adjacent to an activating group) is 1. The zero-order chi connectivity index (χ0) is 19.3. The summed E-state index contributed by atoms with van der Waals surface area (Å²) >= 11 is 5.72. The lowest BCUT2D eigenvalue weighted by molar-refractivity contribution is -0.384. The Morgan fingerprint density at radius 1 is 1.27 bits per heavy atom. The van der Waals surface area contributed by atoms with E-state index in [4.69, 9.17) is 11.6 Å². The maximum absolute atomic E-state index is 13.7. The molecule has 138 valence electrons. The van der Waals surface area contributed by atoms with Crippen LogP contribution in [-0.4, -0.2) is 28.8 Å². The standard InChI is InChI=1S/C17H16ClF2N3O3/c1-2-22(9-12-14(19)4-3-5-15(12)20)10-17(24)21-11-6-7-13(18)16(8-11)23(25)26/h3-8H,2,9-10H2,1H3,(H,21,24). The van der Waals surface area contributed by atoms with Gasteiger partial charge in [0.15, 0.2) is 0 Å². The van der Waals surface area contributed by atoms with Gasteiger partial charge in [0.1, 0.15) is 16.7 Å². The summed E-state index contributed by atoms with van der Waals surface area (Å²) in [6.07, 6.45) is 0. The topological polar surface area (TPSA) is 75.5 Å². The highest BCUT2D eigenvalue weighted by Gasteiger charge is 2.17. The molecule has 6 nitrogen and oxygen atoms in total. The Morgan fingerprint density at radius 2 is 1.92 bits per heavy atom. The van der Waals surface area contributed by atoms with Crippen LogP contribution in [0.4, 0.5) is 20.2 Å². The van der Waals surface area contributed by atoms with Crippen molar-refractivity contribution in [1.29, 1.82) is 0 Å². The average molecular weight is 384 g/mol. The second-order valence-electron chi connectivity index (χ2n) is 5.47. The molecule has 0 radical (unpaired) electrons. The van der Waals surface area contributed by atoms with Crippen molar-refractivity contribution in [2.75, 3.05) is 18.4 Å². The molecule has 2 aromatic carbocycles. The van der Waals surface area contributed by atoms with Gasteiger partial charge in [0.05, 0.1) is 11.5 Å². The Kier molecular flexibility index (Phi) is 6.59. The van der Waals surface area contributed by atoms with E-state index in [1.807, 2.05) is 0 Å². The number of carbonyl (C=O) groups is 1. The third kappa shape index (κ3) is 4.96. The predicted molar refractivity (Wildman–Crippen MR) is 94.0 cm³/mol. The molecule has 0 aliphatic carbocycles. The lowest BCUT2D eigenvalue weighted by Gasteiger charge is -2.20. The molecule has 0 aromatic heterocycles. The summed E-state index contributed by atoms with van der Waals surface area (Å²) in [5.41, 5.74) is -0.242. The Balaban J connectivity index is 2.06. The lowest BCUT2D eigenvalue weighted by atomic mass is 10.2.